The van der Waals surface area contributed by atoms with E-state index in [1.54, 1.807) is 0 Å². The van der Waals surface area contributed by atoms with Crippen LogP contribution < -0.4 is 5.32 Å². The summed E-state index contributed by atoms with van der Waals surface area (Å²) in [6.45, 7) is 12.5. The van der Waals surface area contributed by atoms with Crippen LogP contribution in [0.25, 0.3) is 0 Å². The van der Waals surface area contributed by atoms with E-state index in [1.165, 1.54) is 25.9 Å². The van der Waals surface area contributed by atoms with Gasteiger partial charge in [-0.1, -0.05) is 13.8 Å². The molecular weight excluding hydrogens is 264 g/mol. The Bertz CT molecular complexity index is 321. The summed E-state index contributed by atoms with van der Waals surface area (Å²) in [6.07, 6.45) is 5.63. The van der Waals surface area contributed by atoms with Crippen molar-refractivity contribution in [1.29, 1.82) is 0 Å². The molecule has 124 valence electrons. The summed E-state index contributed by atoms with van der Waals surface area (Å²) >= 11 is 0. The summed E-state index contributed by atoms with van der Waals surface area (Å²) < 4.78 is 5.16. The number of piperidine rings is 1. The van der Waals surface area contributed by atoms with E-state index in [4.69, 9.17) is 4.74 Å². The maximum atomic E-state index is 12.0. The van der Waals surface area contributed by atoms with Gasteiger partial charge in [0.05, 0.1) is 6.61 Å². The van der Waals surface area contributed by atoms with Crippen LogP contribution in [0.1, 0.15) is 59.8 Å². The number of likely N-dealkylation sites (N-methyl/N-ethyl adjacent to an activating group) is 1. The molecule has 1 aliphatic heterocycles. The van der Waals surface area contributed by atoms with Gasteiger partial charge in [0.15, 0.2) is 0 Å². The molecule has 1 saturated heterocycles. The van der Waals surface area contributed by atoms with Gasteiger partial charge in [-0.25, -0.2) is 0 Å². The zero-order chi connectivity index (χ0) is 15.9. The van der Waals surface area contributed by atoms with Crippen molar-refractivity contribution in [2.24, 2.45) is 5.41 Å². The van der Waals surface area contributed by atoms with Gasteiger partial charge < -0.3 is 15.0 Å². The van der Waals surface area contributed by atoms with Gasteiger partial charge in [0.2, 0.25) is 0 Å². The molecule has 0 bridgehead atoms. The highest BCUT2D eigenvalue weighted by molar-refractivity contribution is 5.80. The summed E-state index contributed by atoms with van der Waals surface area (Å²) in [5, 5.41) is 3.12. The summed E-state index contributed by atoms with van der Waals surface area (Å²) in [7, 11) is 1.84. The van der Waals surface area contributed by atoms with Crippen LogP contribution in [0.2, 0.25) is 0 Å². The second-order valence-electron chi connectivity index (χ2n) is 7.27. The molecule has 0 aromatic carbocycles. The van der Waals surface area contributed by atoms with E-state index in [-0.39, 0.29) is 5.97 Å². The zero-order valence-electron chi connectivity index (χ0n) is 14.6. The number of likely N-dealkylation sites (tertiary alicyclic amines) is 1. The first kappa shape index (κ1) is 18.4. The molecule has 0 aromatic rings. The Morgan fingerprint density at radius 2 is 1.90 bits per heavy atom. The number of unbranched alkanes of at least 4 members (excludes halogenated alkanes) is 1. The summed E-state index contributed by atoms with van der Waals surface area (Å²) in [6, 6.07) is 0. The van der Waals surface area contributed by atoms with Crippen LogP contribution in [0.15, 0.2) is 0 Å². The van der Waals surface area contributed by atoms with Crippen molar-refractivity contribution in [1.82, 2.24) is 10.2 Å². The van der Waals surface area contributed by atoms with Crippen LogP contribution in [-0.2, 0) is 9.53 Å². The average molecular weight is 298 g/mol. The highest BCUT2D eigenvalue weighted by Crippen LogP contribution is 2.29. The highest BCUT2D eigenvalue weighted by Gasteiger charge is 2.32. The molecular formula is C17H34N2O2. The number of hydrogen-bond donors (Lipinski definition) is 1. The van der Waals surface area contributed by atoms with E-state index in [1.807, 2.05) is 20.9 Å². The average Bonchev–Trinajstić information content (AvgIpc) is 2.45. The minimum absolute atomic E-state index is 0.132. The number of ether oxygens (including phenoxy) is 1. The number of carbonyl (C=O) groups is 1. The lowest BCUT2D eigenvalue weighted by Crippen LogP contribution is -2.48. The fourth-order valence-electron chi connectivity index (χ4n) is 2.82. The second kappa shape index (κ2) is 8.14. The topological polar surface area (TPSA) is 41.6 Å². The molecule has 4 nitrogen and oxygen atoms in total. The first-order chi connectivity index (χ1) is 9.83. The Kier molecular flexibility index (Phi) is 7.14. The van der Waals surface area contributed by atoms with Gasteiger partial charge in [-0.2, -0.15) is 0 Å². The van der Waals surface area contributed by atoms with E-state index in [0.29, 0.717) is 12.0 Å². The summed E-state index contributed by atoms with van der Waals surface area (Å²) in [5.41, 5.74) is -0.0228. The molecule has 0 aromatic heterocycles. The number of nitrogens with zero attached hydrogens (tertiary/aromatic N) is 1. The molecule has 0 saturated carbocycles. The lowest BCUT2D eigenvalue weighted by Gasteiger charge is -2.37. The van der Waals surface area contributed by atoms with E-state index in [2.05, 4.69) is 24.1 Å². The summed E-state index contributed by atoms with van der Waals surface area (Å²) in [4.78, 5) is 14.5. The minimum Gasteiger partial charge on any atom is -0.465 e. The molecule has 1 atom stereocenters. The molecule has 0 spiro atoms. The molecule has 1 fully saturated rings. The van der Waals surface area contributed by atoms with Crippen LogP contribution in [0, 0.1) is 5.41 Å². The van der Waals surface area contributed by atoms with Crippen molar-refractivity contribution in [3.63, 3.8) is 0 Å². The molecule has 0 aliphatic carbocycles. The molecule has 1 N–H and O–H groups in total. The maximum absolute atomic E-state index is 12.0. The Labute approximate surface area is 130 Å². The molecule has 1 unspecified atom stereocenters. The lowest BCUT2D eigenvalue weighted by molar-refractivity contribution is -0.150. The Morgan fingerprint density at radius 3 is 2.43 bits per heavy atom. The van der Waals surface area contributed by atoms with Gasteiger partial charge in [0.25, 0.3) is 0 Å². The van der Waals surface area contributed by atoms with E-state index < -0.39 is 5.54 Å². The lowest BCUT2D eigenvalue weighted by atomic mass is 9.82. The quantitative estimate of drug-likeness (QED) is 0.553. The van der Waals surface area contributed by atoms with Gasteiger partial charge >= 0.3 is 5.97 Å². The van der Waals surface area contributed by atoms with Crippen molar-refractivity contribution in [2.75, 3.05) is 33.3 Å². The Balaban J connectivity index is 2.25. The predicted octanol–water partition coefficient (Wildman–Crippen LogP) is 2.82. The first-order valence-electron chi connectivity index (χ1n) is 8.41. The van der Waals surface area contributed by atoms with Crippen LogP contribution in [0.4, 0.5) is 0 Å². The number of nitrogens with one attached hydrogen (secondary N) is 1. The minimum atomic E-state index is -0.542. The van der Waals surface area contributed by atoms with Crippen molar-refractivity contribution in [3.8, 4) is 0 Å². The van der Waals surface area contributed by atoms with Gasteiger partial charge in [0.1, 0.15) is 5.54 Å². The number of carbonyl (C=O) groups excluding carboxylic acids is 1. The first-order valence-corrected chi connectivity index (χ1v) is 8.41. The van der Waals surface area contributed by atoms with Crippen molar-refractivity contribution < 1.29 is 9.53 Å². The van der Waals surface area contributed by atoms with Gasteiger partial charge in [-0.15, -0.1) is 0 Å². The largest absolute Gasteiger partial charge is 0.465 e. The van der Waals surface area contributed by atoms with Crippen LogP contribution in [0.3, 0.4) is 0 Å². The normalized spacial score (nSPS) is 21.8. The van der Waals surface area contributed by atoms with Crippen molar-refractivity contribution in [2.45, 2.75) is 65.3 Å². The predicted molar refractivity (Wildman–Crippen MR) is 87.4 cm³/mol. The standard InChI is InChI=1S/C17H34N2O2/c1-6-21-15(20)17(4,18-5)9-7-8-12-19-13-10-16(2,3)11-14-19/h18H,6-14H2,1-5H3. The van der Waals surface area contributed by atoms with E-state index in [0.717, 1.165) is 25.8 Å². The van der Waals surface area contributed by atoms with Crippen molar-refractivity contribution >= 4 is 5.97 Å². The molecule has 21 heavy (non-hydrogen) atoms. The Hall–Kier alpha value is -0.610. The third kappa shape index (κ3) is 5.95. The SMILES string of the molecule is CCOC(=O)C(C)(CCCCN1CCC(C)(C)CC1)NC. The zero-order valence-corrected chi connectivity index (χ0v) is 14.6. The molecule has 4 heteroatoms. The third-order valence-electron chi connectivity index (χ3n) is 4.89. The Morgan fingerprint density at radius 1 is 1.29 bits per heavy atom. The number of hydrogen-bond acceptors (Lipinski definition) is 4. The van der Waals surface area contributed by atoms with Crippen molar-refractivity contribution in [3.05, 3.63) is 0 Å². The van der Waals surface area contributed by atoms with Gasteiger partial charge in [-0.3, -0.25) is 4.79 Å². The van der Waals surface area contributed by atoms with Crippen LogP contribution >= 0.6 is 0 Å². The fraction of sp³-hybridized carbons (Fsp3) is 0.941. The third-order valence-corrected chi connectivity index (χ3v) is 4.89. The molecule has 1 heterocycles. The smallest absolute Gasteiger partial charge is 0.326 e. The number of esters is 1. The summed E-state index contributed by atoms with van der Waals surface area (Å²) in [5.74, 6) is -0.132. The molecule has 1 aliphatic rings. The molecule has 0 amide bonds. The maximum Gasteiger partial charge on any atom is 0.326 e. The van der Waals surface area contributed by atoms with Gasteiger partial charge in [-0.05, 0) is 78.0 Å². The highest BCUT2D eigenvalue weighted by atomic mass is 16.5. The number of rotatable bonds is 8. The second-order valence-corrected chi connectivity index (χ2v) is 7.27. The molecule has 1 rings (SSSR count). The van der Waals surface area contributed by atoms with Gasteiger partial charge in [0, 0.05) is 0 Å². The van der Waals surface area contributed by atoms with Crippen LogP contribution in [-0.4, -0.2) is 49.7 Å². The van der Waals surface area contributed by atoms with Crippen LogP contribution in [0.5, 0.6) is 0 Å². The van der Waals surface area contributed by atoms with E-state index in [9.17, 15) is 4.79 Å². The monoisotopic (exact) mass is 298 g/mol. The van der Waals surface area contributed by atoms with E-state index >= 15 is 0 Å². The molecule has 0 radical (unpaired) electrons. The fourth-order valence-corrected chi connectivity index (χ4v) is 2.82.